The van der Waals surface area contributed by atoms with E-state index in [2.05, 4.69) is 15.8 Å². The van der Waals surface area contributed by atoms with Crippen molar-refractivity contribution in [3.05, 3.63) is 29.8 Å². The lowest BCUT2D eigenvalue weighted by molar-refractivity contribution is -0.146. The molecule has 0 radical (unpaired) electrons. The summed E-state index contributed by atoms with van der Waals surface area (Å²) in [5.74, 6) is -1.69. The fourth-order valence-corrected chi connectivity index (χ4v) is 1.96. The van der Waals surface area contributed by atoms with Crippen LogP contribution in [0.3, 0.4) is 0 Å². The van der Waals surface area contributed by atoms with Crippen molar-refractivity contribution in [2.75, 3.05) is 5.32 Å². The van der Waals surface area contributed by atoms with Gasteiger partial charge in [0.15, 0.2) is 11.9 Å². The number of carbonyl (C=O) groups is 4. The first kappa shape index (κ1) is 17.3. The Hall–Kier alpha value is -3.03. The Labute approximate surface area is 138 Å². The topological polar surface area (TPSA) is 114 Å². The molecular weight excluding hydrogens is 314 g/mol. The zero-order chi connectivity index (χ0) is 17.7. The molecule has 1 aliphatic rings. The molecule has 0 spiro atoms. The second-order valence-electron chi connectivity index (χ2n) is 5.27. The molecule has 0 bridgehead atoms. The monoisotopic (exact) mass is 331 g/mol. The summed E-state index contributed by atoms with van der Waals surface area (Å²) in [4.78, 5) is 46.3. The van der Waals surface area contributed by atoms with Crippen molar-refractivity contribution in [3.8, 4) is 0 Å². The summed E-state index contributed by atoms with van der Waals surface area (Å²) in [5, 5.41) is 6.19. The largest absolute Gasteiger partial charge is 0.448 e. The number of benzene rings is 1. The van der Waals surface area contributed by atoms with Crippen molar-refractivity contribution in [1.82, 2.24) is 5.43 Å². The Morgan fingerprint density at radius 3 is 2.67 bits per heavy atom. The second kappa shape index (κ2) is 7.49. The number of anilines is 1. The highest BCUT2D eigenvalue weighted by Crippen LogP contribution is 2.12. The van der Waals surface area contributed by atoms with Gasteiger partial charge in [-0.3, -0.25) is 14.4 Å². The lowest BCUT2D eigenvalue weighted by Crippen LogP contribution is -2.35. The van der Waals surface area contributed by atoms with E-state index in [1.165, 1.54) is 19.9 Å². The third-order valence-electron chi connectivity index (χ3n) is 3.33. The van der Waals surface area contributed by atoms with Crippen LogP contribution in [0.4, 0.5) is 5.69 Å². The van der Waals surface area contributed by atoms with E-state index in [4.69, 9.17) is 4.74 Å². The van der Waals surface area contributed by atoms with Crippen LogP contribution in [0.2, 0.25) is 0 Å². The molecule has 8 nitrogen and oxygen atoms in total. The van der Waals surface area contributed by atoms with Gasteiger partial charge in [0, 0.05) is 24.1 Å². The number of hydrogen-bond donors (Lipinski definition) is 2. The molecule has 1 heterocycles. The van der Waals surface area contributed by atoms with Crippen molar-refractivity contribution in [1.29, 1.82) is 0 Å². The third kappa shape index (κ3) is 4.48. The number of ketones is 1. The average molecular weight is 331 g/mol. The molecule has 8 heteroatoms. The normalized spacial score (nSPS) is 14.9. The van der Waals surface area contributed by atoms with E-state index in [0.717, 1.165) is 0 Å². The van der Waals surface area contributed by atoms with Crippen LogP contribution in [0.25, 0.3) is 0 Å². The predicted molar refractivity (Wildman–Crippen MR) is 85.4 cm³/mol. The number of hydrazone groups is 1. The molecule has 24 heavy (non-hydrogen) atoms. The number of ether oxygens (including phenoxy) is 1. The van der Waals surface area contributed by atoms with Crippen molar-refractivity contribution >= 4 is 35.0 Å². The van der Waals surface area contributed by atoms with Crippen LogP contribution in [-0.4, -0.2) is 35.4 Å². The fourth-order valence-electron chi connectivity index (χ4n) is 1.96. The molecule has 0 fully saturated rings. The zero-order valence-corrected chi connectivity index (χ0v) is 13.3. The van der Waals surface area contributed by atoms with E-state index in [1.54, 1.807) is 18.2 Å². The van der Waals surface area contributed by atoms with Gasteiger partial charge in [-0.05, 0) is 26.0 Å². The number of esters is 1. The average Bonchev–Trinajstić information content (AvgIpc) is 2.55. The van der Waals surface area contributed by atoms with Gasteiger partial charge in [-0.1, -0.05) is 12.1 Å². The van der Waals surface area contributed by atoms with Crippen LogP contribution < -0.4 is 10.7 Å². The molecule has 2 amide bonds. The summed E-state index contributed by atoms with van der Waals surface area (Å²) in [7, 11) is 0. The number of nitrogens with zero attached hydrogens (tertiary/aromatic N) is 1. The summed E-state index contributed by atoms with van der Waals surface area (Å²) < 4.78 is 5.04. The Balaban J connectivity index is 1.95. The minimum atomic E-state index is -1.06. The smallest absolute Gasteiger partial charge is 0.355 e. The number of nitrogens with one attached hydrogen (secondary N) is 2. The van der Waals surface area contributed by atoms with Crippen LogP contribution in [0, 0.1) is 0 Å². The molecule has 0 aromatic heterocycles. The number of Topliss-reactive ketones (excluding diaryl/α,β-unsaturated/α-hetero) is 1. The molecule has 1 aromatic rings. The highest BCUT2D eigenvalue weighted by Gasteiger charge is 2.24. The van der Waals surface area contributed by atoms with Gasteiger partial charge in [0.2, 0.25) is 5.91 Å². The quantitative estimate of drug-likeness (QED) is 0.618. The van der Waals surface area contributed by atoms with Crippen LogP contribution in [-0.2, 0) is 19.1 Å². The molecule has 0 unspecified atom stereocenters. The lowest BCUT2D eigenvalue weighted by Gasteiger charge is -2.16. The van der Waals surface area contributed by atoms with Gasteiger partial charge in [0.1, 0.15) is 5.71 Å². The third-order valence-corrected chi connectivity index (χ3v) is 3.33. The highest BCUT2D eigenvalue weighted by atomic mass is 16.5. The predicted octanol–water partition coefficient (Wildman–Crippen LogP) is 1.03. The van der Waals surface area contributed by atoms with Crippen molar-refractivity contribution in [2.45, 2.75) is 32.8 Å². The van der Waals surface area contributed by atoms with E-state index in [1.807, 2.05) is 0 Å². The first-order valence-electron chi connectivity index (χ1n) is 7.35. The van der Waals surface area contributed by atoms with Gasteiger partial charge in [-0.25, -0.2) is 10.2 Å². The summed E-state index contributed by atoms with van der Waals surface area (Å²) >= 11 is 0. The molecule has 126 valence electrons. The van der Waals surface area contributed by atoms with Crippen molar-refractivity contribution in [2.24, 2.45) is 5.10 Å². The van der Waals surface area contributed by atoms with Crippen LogP contribution in [0.15, 0.2) is 29.4 Å². The molecule has 0 saturated heterocycles. The van der Waals surface area contributed by atoms with Gasteiger partial charge in [-0.15, -0.1) is 0 Å². The van der Waals surface area contributed by atoms with E-state index >= 15 is 0 Å². The molecule has 2 rings (SSSR count). The van der Waals surface area contributed by atoms with Crippen molar-refractivity contribution < 1.29 is 23.9 Å². The molecule has 0 saturated carbocycles. The molecule has 0 aliphatic carbocycles. The highest BCUT2D eigenvalue weighted by molar-refractivity contribution is 6.37. The molecule has 2 N–H and O–H groups in total. The molecule has 1 aromatic carbocycles. The Kier molecular flexibility index (Phi) is 5.41. The SMILES string of the molecule is CC(=O)c1cccc(NC(=O)[C@@H](C)OC(=O)C2=NNC(=O)CC2)c1. The maximum absolute atomic E-state index is 12.1. The van der Waals surface area contributed by atoms with Crippen LogP contribution in [0.1, 0.15) is 37.0 Å². The Bertz CT molecular complexity index is 726. The van der Waals surface area contributed by atoms with E-state index in [9.17, 15) is 19.2 Å². The van der Waals surface area contributed by atoms with E-state index in [0.29, 0.717) is 11.3 Å². The molecule has 1 atom stereocenters. The minimum Gasteiger partial charge on any atom is -0.448 e. The lowest BCUT2D eigenvalue weighted by atomic mass is 10.1. The number of hydrogen-bond acceptors (Lipinski definition) is 6. The minimum absolute atomic E-state index is 0.0628. The van der Waals surface area contributed by atoms with Gasteiger partial charge < -0.3 is 10.1 Å². The van der Waals surface area contributed by atoms with Crippen LogP contribution >= 0.6 is 0 Å². The van der Waals surface area contributed by atoms with Crippen LogP contribution in [0.5, 0.6) is 0 Å². The maximum Gasteiger partial charge on any atom is 0.355 e. The number of amides is 2. The van der Waals surface area contributed by atoms with Gasteiger partial charge in [0.05, 0.1) is 0 Å². The van der Waals surface area contributed by atoms with E-state index < -0.39 is 18.0 Å². The van der Waals surface area contributed by atoms with Gasteiger partial charge >= 0.3 is 5.97 Å². The van der Waals surface area contributed by atoms with Gasteiger partial charge in [-0.2, -0.15) is 5.10 Å². The summed E-state index contributed by atoms with van der Waals surface area (Å²) in [6.07, 6.45) is -0.745. The Morgan fingerprint density at radius 2 is 2.04 bits per heavy atom. The first-order chi connectivity index (χ1) is 11.4. The second-order valence-corrected chi connectivity index (χ2v) is 5.27. The molecule has 1 aliphatic heterocycles. The fraction of sp³-hybridized carbons (Fsp3) is 0.312. The summed E-state index contributed by atoms with van der Waals surface area (Å²) in [6.45, 7) is 2.85. The molecular formula is C16H17N3O5. The number of carbonyl (C=O) groups excluding carboxylic acids is 4. The summed E-state index contributed by atoms with van der Waals surface area (Å²) in [5.41, 5.74) is 3.14. The van der Waals surface area contributed by atoms with Crippen molar-refractivity contribution in [3.63, 3.8) is 0 Å². The Morgan fingerprint density at radius 1 is 1.29 bits per heavy atom. The zero-order valence-electron chi connectivity index (χ0n) is 13.3. The van der Waals surface area contributed by atoms with Gasteiger partial charge in [0.25, 0.3) is 5.91 Å². The van der Waals surface area contributed by atoms with E-state index in [-0.39, 0.29) is 30.2 Å². The first-order valence-corrected chi connectivity index (χ1v) is 7.35. The summed E-state index contributed by atoms with van der Waals surface area (Å²) in [6, 6.07) is 6.44. The standard InChI is InChI=1S/C16H17N3O5/c1-9(20)11-4-3-5-12(8-11)17-15(22)10(2)24-16(23)13-6-7-14(21)19-18-13/h3-5,8,10H,6-7H2,1-2H3,(H,17,22)(H,19,21)/t10-/m1/s1. The maximum atomic E-state index is 12.1. The number of rotatable bonds is 5.